The number of methoxy groups -OCH3 is 1. The average Bonchev–Trinajstić information content (AvgIpc) is 2.80. The fourth-order valence-electron chi connectivity index (χ4n) is 2.45. The van der Waals surface area contributed by atoms with Crippen molar-refractivity contribution in [3.63, 3.8) is 0 Å². The summed E-state index contributed by atoms with van der Waals surface area (Å²) in [6.45, 7) is 0.924. The molecule has 0 aliphatic carbocycles. The molecule has 1 saturated heterocycles. The molecule has 1 N–H and O–H groups in total. The van der Waals surface area contributed by atoms with E-state index in [1.165, 1.54) is 7.11 Å². The van der Waals surface area contributed by atoms with Gasteiger partial charge in [0.25, 0.3) is 0 Å². The molecular weight excluding hydrogens is 323 g/mol. The number of halogens is 4. The Balaban J connectivity index is 2.38. The summed E-state index contributed by atoms with van der Waals surface area (Å²) in [6, 6.07) is 2.99. The van der Waals surface area contributed by atoms with Gasteiger partial charge < -0.3 is 10.1 Å². The summed E-state index contributed by atoms with van der Waals surface area (Å²) < 4.78 is 44.4. The van der Waals surface area contributed by atoms with E-state index in [9.17, 15) is 13.2 Å². The Morgan fingerprint density at radius 1 is 1.42 bits per heavy atom. The van der Waals surface area contributed by atoms with Crippen molar-refractivity contribution in [3.05, 3.63) is 27.7 Å². The molecule has 0 bridgehead atoms. The standard InChI is InChI=1S/C13H15BrF3NO/c1-19-12-8(6-10-3-2-4-18-10)5-9(14)7-11(12)13(15,16)17/h5,7,10,18H,2-4,6H2,1H3. The fraction of sp³-hybridized carbons (Fsp3) is 0.538. The Morgan fingerprint density at radius 2 is 2.16 bits per heavy atom. The molecule has 0 spiro atoms. The molecule has 6 heteroatoms. The Bertz CT molecular complexity index is 456. The zero-order valence-electron chi connectivity index (χ0n) is 10.5. The van der Waals surface area contributed by atoms with E-state index in [0.29, 0.717) is 16.5 Å². The second-order valence-electron chi connectivity index (χ2n) is 4.64. The Kier molecular flexibility index (Phi) is 4.40. The maximum absolute atomic E-state index is 13.0. The van der Waals surface area contributed by atoms with Crippen LogP contribution in [0.25, 0.3) is 0 Å². The minimum atomic E-state index is -4.41. The Morgan fingerprint density at radius 3 is 2.68 bits per heavy atom. The summed E-state index contributed by atoms with van der Waals surface area (Å²) in [5.41, 5.74) is -0.138. The maximum Gasteiger partial charge on any atom is 0.420 e. The molecule has 1 heterocycles. The highest BCUT2D eigenvalue weighted by Gasteiger charge is 2.36. The summed E-state index contributed by atoms with van der Waals surface area (Å²) in [7, 11) is 1.28. The number of hydrogen-bond acceptors (Lipinski definition) is 2. The lowest BCUT2D eigenvalue weighted by molar-refractivity contribution is -0.138. The molecule has 0 saturated carbocycles. The predicted octanol–water partition coefficient (Wildman–Crippen LogP) is 3.77. The highest BCUT2D eigenvalue weighted by Crippen LogP contribution is 2.40. The van der Waals surface area contributed by atoms with Crippen molar-refractivity contribution in [1.82, 2.24) is 5.32 Å². The number of rotatable bonds is 3. The summed E-state index contributed by atoms with van der Waals surface area (Å²) in [4.78, 5) is 0. The van der Waals surface area contributed by atoms with Gasteiger partial charge in [-0.1, -0.05) is 15.9 Å². The Labute approximate surface area is 118 Å². The molecule has 2 nitrogen and oxygen atoms in total. The number of benzene rings is 1. The van der Waals surface area contributed by atoms with E-state index < -0.39 is 11.7 Å². The molecule has 1 aliphatic rings. The highest BCUT2D eigenvalue weighted by atomic mass is 79.9. The van der Waals surface area contributed by atoms with Crippen LogP contribution in [0, 0.1) is 0 Å². The van der Waals surface area contributed by atoms with Crippen LogP contribution in [-0.2, 0) is 12.6 Å². The van der Waals surface area contributed by atoms with Gasteiger partial charge in [-0.25, -0.2) is 0 Å². The first-order valence-corrected chi connectivity index (χ1v) is 6.88. The van der Waals surface area contributed by atoms with Crippen LogP contribution in [0.3, 0.4) is 0 Å². The van der Waals surface area contributed by atoms with Gasteiger partial charge in [-0.2, -0.15) is 13.2 Å². The third-order valence-corrected chi connectivity index (χ3v) is 3.73. The highest BCUT2D eigenvalue weighted by molar-refractivity contribution is 9.10. The predicted molar refractivity (Wildman–Crippen MR) is 70.4 cm³/mol. The van der Waals surface area contributed by atoms with E-state index in [-0.39, 0.29) is 11.8 Å². The van der Waals surface area contributed by atoms with Crippen molar-refractivity contribution in [2.24, 2.45) is 0 Å². The smallest absolute Gasteiger partial charge is 0.420 e. The lowest BCUT2D eigenvalue weighted by Gasteiger charge is -2.18. The zero-order chi connectivity index (χ0) is 14.0. The third-order valence-electron chi connectivity index (χ3n) is 3.27. The molecule has 1 fully saturated rings. The van der Waals surface area contributed by atoms with Crippen LogP contribution < -0.4 is 10.1 Å². The lowest BCUT2D eigenvalue weighted by Crippen LogP contribution is -2.24. The van der Waals surface area contributed by atoms with E-state index in [4.69, 9.17) is 4.74 Å². The second kappa shape index (κ2) is 5.71. The van der Waals surface area contributed by atoms with Crippen LogP contribution in [-0.4, -0.2) is 19.7 Å². The number of alkyl halides is 3. The van der Waals surface area contributed by atoms with Crippen molar-refractivity contribution < 1.29 is 17.9 Å². The first-order chi connectivity index (χ1) is 8.91. The van der Waals surface area contributed by atoms with E-state index >= 15 is 0 Å². The van der Waals surface area contributed by atoms with Crippen LogP contribution in [0.4, 0.5) is 13.2 Å². The van der Waals surface area contributed by atoms with Gasteiger partial charge in [0.2, 0.25) is 0 Å². The van der Waals surface area contributed by atoms with Gasteiger partial charge >= 0.3 is 6.18 Å². The van der Waals surface area contributed by atoms with Gasteiger partial charge in [-0.15, -0.1) is 0 Å². The van der Waals surface area contributed by atoms with Gasteiger partial charge in [-0.3, -0.25) is 0 Å². The first kappa shape index (κ1) is 14.7. The monoisotopic (exact) mass is 337 g/mol. The van der Waals surface area contributed by atoms with Gasteiger partial charge in [-0.05, 0) is 43.5 Å². The molecular formula is C13H15BrF3NO. The molecule has 0 aromatic heterocycles. The van der Waals surface area contributed by atoms with E-state index in [1.807, 2.05) is 0 Å². The SMILES string of the molecule is COc1c(CC2CCCN2)cc(Br)cc1C(F)(F)F. The molecule has 19 heavy (non-hydrogen) atoms. The summed E-state index contributed by atoms with van der Waals surface area (Å²) in [6.07, 6.45) is -1.82. The van der Waals surface area contributed by atoms with Gasteiger partial charge in [0.05, 0.1) is 12.7 Å². The van der Waals surface area contributed by atoms with Gasteiger partial charge in [0, 0.05) is 10.5 Å². The third kappa shape index (κ3) is 3.42. The topological polar surface area (TPSA) is 21.3 Å². The largest absolute Gasteiger partial charge is 0.496 e. The zero-order valence-corrected chi connectivity index (χ0v) is 12.1. The normalized spacial score (nSPS) is 19.7. The molecule has 106 valence electrons. The molecule has 1 aliphatic heterocycles. The van der Waals surface area contributed by atoms with Crippen molar-refractivity contribution in [2.45, 2.75) is 31.5 Å². The second-order valence-corrected chi connectivity index (χ2v) is 5.56. The van der Waals surface area contributed by atoms with E-state index in [2.05, 4.69) is 21.2 Å². The summed E-state index contributed by atoms with van der Waals surface area (Å²) in [5.74, 6) is -0.0654. The number of hydrogen-bond donors (Lipinski definition) is 1. The molecule has 1 aromatic rings. The van der Waals surface area contributed by atoms with Gasteiger partial charge in [0.1, 0.15) is 5.75 Å². The minimum absolute atomic E-state index is 0.0654. The quantitative estimate of drug-likeness (QED) is 0.906. The minimum Gasteiger partial charge on any atom is -0.496 e. The van der Waals surface area contributed by atoms with E-state index in [1.54, 1.807) is 6.07 Å². The average molecular weight is 338 g/mol. The van der Waals surface area contributed by atoms with E-state index in [0.717, 1.165) is 25.5 Å². The first-order valence-electron chi connectivity index (χ1n) is 6.09. The number of ether oxygens (including phenoxy) is 1. The lowest BCUT2D eigenvalue weighted by atomic mass is 10.0. The maximum atomic E-state index is 13.0. The fourth-order valence-corrected chi connectivity index (χ4v) is 2.95. The molecule has 0 amide bonds. The molecule has 2 rings (SSSR count). The summed E-state index contributed by atoms with van der Waals surface area (Å²) in [5, 5.41) is 3.28. The number of nitrogens with one attached hydrogen (secondary N) is 1. The van der Waals surface area contributed by atoms with Gasteiger partial charge in [0.15, 0.2) is 0 Å². The van der Waals surface area contributed by atoms with Crippen molar-refractivity contribution in [3.8, 4) is 5.75 Å². The molecule has 1 atom stereocenters. The van der Waals surface area contributed by atoms with Crippen LogP contribution in [0.2, 0.25) is 0 Å². The van der Waals surface area contributed by atoms with Crippen molar-refractivity contribution >= 4 is 15.9 Å². The van der Waals surface area contributed by atoms with Crippen molar-refractivity contribution in [2.75, 3.05) is 13.7 Å². The molecule has 0 radical (unpaired) electrons. The van der Waals surface area contributed by atoms with Crippen molar-refractivity contribution in [1.29, 1.82) is 0 Å². The van der Waals surface area contributed by atoms with Crippen LogP contribution >= 0.6 is 15.9 Å². The van der Waals surface area contributed by atoms with Crippen LogP contribution in [0.15, 0.2) is 16.6 Å². The molecule has 1 unspecified atom stereocenters. The van der Waals surface area contributed by atoms with Crippen LogP contribution in [0.5, 0.6) is 5.75 Å². The Hall–Kier alpha value is -0.750. The summed E-state index contributed by atoms with van der Waals surface area (Å²) >= 11 is 3.14. The molecule has 1 aromatic carbocycles. The van der Waals surface area contributed by atoms with Crippen LogP contribution in [0.1, 0.15) is 24.0 Å².